The molecule has 6 heteroatoms. The summed E-state index contributed by atoms with van der Waals surface area (Å²) in [7, 11) is 0. The smallest absolute Gasteiger partial charge is 0.252 e. The first kappa shape index (κ1) is 16.9. The Bertz CT molecular complexity index is 488. The highest BCUT2D eigenvalue weighted by Crippen LogP contribution is 2.25. The number of carbonyl (C=O) groups excluding carboxylic acids is 1. The molecule has 0 aromatic heterocycles. The molecule has 122 valence electrons. The highest BCUT2D eigenvalue weighted by molar-refractivity contribution is 5.82. The van der Waals surface area contributed by atoms with Crippen LogP contribution >= 0.6 is 0 Å². The average molecular weight is 308 g/mol. The molecule has 1 aromatic carbocycles. The quantitative estimate of drug-likeness (QED) is 0.617. The summed E-state index contributed by atoms with van der Waals surface area (Å²) in [5.41, 5.74) is 5.59. The lowest BCUT2D eigenvalue weighted by Gasteiger charge is -2.36. The summed E-state index contributed by atoms with van der Waals surface area (Å²) < 4.78 is 5.15. The van der Waals surface area contributed by atoms with E-state index in [0.29, 0.717) is 13.2 Å². The van der Waals surface area contributed by atoms with Gasteiger partial charge in [0.2, 0.25) is 0 Å². The molecule has 1 aliphatic rings. The maximum atomic E-state index is 12.2. The molecule has 5 N–H and O–H groups in total. The van der Waals surface area contributed by atoms with Crippen molar-refractivity contribution in [3.63, 3.8) is 0 Å². The van der Waals surface area contributed by atoms with Crippen LogP contribution in [0.25, 0.3) is 0 Å². The molecule has 1 heterocycles. The fraction of sp³-hybridized carbons (Fsp3) is 0.562. The molecule has 0 bridgehead atoms. The Hall–Kier alpha value is -1.47. The number of aliphatic hydroxyl groups is 2. The van der Waals surface area contributed by atoms with Gasteiger partial charge in [-0.15, -0.1) is 0 Å². The van der Waals surface area contributed by atoms with E-state index >= 15 is 0 Å². The van der Waals surface area contributed by atoms with E-state index in [1.165, 1.54) is 0 Å². The van der Waals surface area contributed by atoms with Crippen molar-refractivity contribution >= 4 is 5.91 Å². The molecule has 1 fully saturated rings. The van der Waals surface area contributed by atoms with E-state index in [9.17, 15) is 15.0 Å². The number of carbonyl (C=O) groups is 1. The SMILES string of the molecule is CC(NC(=O)C(O)C1(O)CCOCC1)C(N)c1ccccc1. The molecule has 0 radical (unpaired) electrons. The molecule has 1 aliphatic heterocycles. The highest BCUT2D eigenvalue weighted by atomic mass is 16.5. The topological polar surface area (TPSA) is 105 Å². The Morgan fingerprint density at radius 1 is 1.32 bits per heavy atom. The zero-order chi connectivity index (χ0) is 16.2. The van der Waals surface area contributed by atoms with Gasteiger partial charge in [-0.1, -0.05) is 30.3 Å². The van der Waals surface area contributed by atoms with Crippen molar-refractivity contribution < 1.29 is 19.7 Å². The molecule has 1 saturated heterocycles. The van der Waals surface area contributed by atoms with Crippen molar-refractivity contribution in [3.8, 4) is 0 Å². The third kappa shape index (κ3) is 3.84. The van der Waals surface area contributed by atoms with Crippen LogP contribution < -0.4 is 11.1 Å². The van der Waals surface area contributed by atoms with Gasteiger partial charge in [-0.05, 0) is 12.5 Å². The van der Waals surface area contributed by atoms with Crippen LogP contribution in [-0.4, -0.2) is 47.1 Å². The first-order valence-corrected chi connectivity index (χ1v) is 7.53. The Kier molecular flexibility index (Phi) is 5.52. The van der Waals surface area contributed by atoms with Gasteiger partial charge in [0.25, 0.3) is 5.91 Å². The van der Waals surface area contributed by atoms with Crippen molar-refractivity contribution in [2.75, 3.05) is 13.2 Å². The molecular formula is C16H24N2O4. The van der Waals surface area contributed by atoms with Crippen molar-refractivity contribution in [2.45, 2.75) is 43.6 Å². The Balaban J connectivity index is 1.95. The average Bonchev–Trinajstić information content (AvgIpc) is 2.54. The predicted molar refractivity (Wildman–Crippen MR) is 82.0 cm³/mol. The molecule has 0 aliphatic carbocycles. The molecule has 1 amide bonds. The van der Waals surface area contributed by atoms with Crippen LogP contribution in [0.4, 0.5) is 0 Å². The number of benzene rings is 1. The fourth-order valence-corrected chi connectivity index (χ4v) is 2.60. The molecule has 0 spiro atoms. The lowest BCUT2D eigenvalue weighted by molar-refractivity contribution is -0.160. The molecule has 0 saturated carbocycles. The lowest BCUT2D eigenvalue weighted by Crippen LogP contribution is -2.56. The Labute approximate surface area is 130 Å². The monoisotopic (exact) mass is 308 g/mol. The van der Waals surface area contributed by atoms with Crippen LogP contribution in [0.5, 0.6) is 0 Å². The third-order valence-electron chi connectivity index (χ3n) is 4.21. The molecule has 3 unspecified atom stereocenters. The summed E-state index contributed by atoms with van der Waals surface area (Å²) in [6, 6.07) is 8.66. The zero-order valence-corrected chi connectivity index (χ0v) is 12.7. The summed E-state index contributed by atoms with van der Waals surface area (Å²) >= 11 is 0. The third-order valence-corrected chi connectivity index (χ3v) is 4.21. The number of amides is 1. The molecule has 3 atom stereocenters. The van der Waals surface area contributed by atoms with Gasteiger partial charge >= 0.3 is 0 Å². The van der Waals surface area contributed by atoms with E-state index in [-0.39, 0.29) is 24.9 Å². The number of nitrogens with two attached hydrogens (primary N) is 1. The normalized spacial score (nSPS) is 21.6. The number of hydrogen-bond acceptors (Lipinski definition) is 5. The van der Waals surface area contributed by atoms with Crippen LogP contribution in [0.3, 0.4) is 0 Å². The van der Waals surface area contributed by atoms with Crippen molar-refractivity contribution in [1.82, 2.24) is 5.32 Å². The van der Waals surface area contributed by atoms with E-state index < -0.39 is 17.6 Å². The maximum absolute atomic E-state index is 12.2. The molecule has 22 heavy (non-hydrogen) atoms. The summed E-state index contributed by atoms with van der Waals surface area (Å²) in [6.07, 6.45) is -1.01. The summed E-state index contributed by atoms with van der Waals surface area (Å²) in [6.45, 7) is 2.44. The molecular weight excluding hydrogens is 284 g/mol. The van der Waals surface area contributed by atoms with E-state index in [1.54, 1.807) is 6.92 Å². The van der Waals surface area contributed by atoms with Crippen LogP contribution in [0.15, 0.2) is 30.3 Å². The minimum atomic E-state index is -1.48. The largest absolute Gasteiger partial charge is 0.386 e. The van der Waals surface area contributed by atoms with Gasteiger partial charge in [-0.25, -0.2) is 0 Å². The number of nitrogens with one attached hydrogen (secondary N) is 1. The molecule has 2 rings (SSSR count). The van der Waals surface area contributed by atoms with Gasteiger partial charge in [-0.2, -0.15) is 0 Å². The molecule has 6 nitrogen and oxygen atoms in total. The fourth-order valence-electron chi connectivity index (χ4n) is 2.60. The van der Waals surface area contributed by atoms with Crippen molar-refractivity contribution in [1.29, 1.82) is 0 Å². The second-order valence-corrected chi connectivity index (χ2v) is 5.85. The van der Waals surface area contributed by atoms with Gasteiger partial charge in [0.1, 0.15) is 5.60 Å². The minimum Gasteiger partial charge on any atom is -0.386 e. The van der Waals surface area contributed by atoms with Crippen molar-refractivity contribution in [3.05, 3.63) is 35.9 Å². The van der Waals surface area contributed by atoms with E-state index in [2.05, 4.69) is 5.32 Å². The van der Waals surface area contributed by atoms with Crippen LogP contribution in [-0.2, 0) is 9.53 Å². The first-order valence-electron chi connectivity index (χ1n) is 7.53. The van der Waals surface area contributed by atoms with Gasteiger partial charge in [0.15, 0.2) is 6.10 Å². The number of ether oxygens (including phenoxy) is 1. The number of rotatable bonds is 5. The summed E-state index contributed by atoms with van der Waals surface area (Å²) in [4.78, 5) is 12.2. The van der Waals surface area contributed by atoms with Gasteiger partial charge in [-0.3, -0.25) is 4.79 Å². The van der Waals surface area contributed by atoms with Gasteiger partial charge in [0.05, 0.1) is 0 Å². The van der Waals surface area contributed by atoms with Crippen molar-refractivity contribution in [2.24, 2.45) is 5.73 Å². The number of hydrogen-bond donors (Lipinski definition) is 4. The van der Waals surface area contributed by atoms with E-state index in [0.717, 1.165) is 5.56 Å². The standard InChI is InChI=1S/C16H24N2O4/c1-11(13(17)12-5-3-2-4-6-12)18-15(20)14(19)16(21)7-9-22-10-8-16/h2-6,11,13-14,19,21H,7-10,17H2,1H3,(H,18,20). The lowest BCUT2D eigenvalue weighted by atomic mass is 9.87. The summed E-state index contributed by atoms with van der Waals surface area (Å²) in [5, 5.41) is 23.2. The van der Waals surface area contributed by atoms with Crippen LogP contribution in [0.2, 0.25) is 0 Å². The van der Waals surface area contributed by atoms with Gasteiger partial charge in [0, 0.05) is 38.1 Å². The highest BCUT2D eigenvalue weighted by Gasteiger charge is 2.42. The first-order chi connectivity index (χ1) is 10.4. The van der Waals surface area contributed by atoms with E-state index in [1.807, 2.05) is 30.3 Å². The number of aliphatic hydroxyl groups excluding tert-OH is 1. The Morgan fingerprint density at radius 3 is 2.50 bits per heavy atom. The maximum Gasteiger partial charge on any atom is 0.252 e. The second kappa shape index (κ2) is 7.19. The zero-order valence-electron chi connectivity index (χ0n) is 12.7. The Morgan fingerprint density at radius 2 is 1.91 bits per heavy atom. The van der Waals surface area contributed by atoms with Crippen LogP contribution in [0, 0.1) is 0 Å². The molecule has 1 aromatic rings. The van der Waals surface area contributed by atoms with Crippen LogP contribution in [0.1, 0.15) is 31.4 Å². The van der Waals surface area contributed by atoms with E-state index in [4.69, 9.17) is 10.5 Å². The summed E-state index contributed by atoms with van der Waals surface area (Å²) in [5.74, 6) is -0.608. The predicted octanol–water partition coefficient (Wildman–Crippen LogP) is 0.0935. The second-order valence-electron chi connectivity index (χ2n) is 5.85. The van der Waals surface area contributed by atoms with Gasteiger partial charge < -0.3 is 26.0 Å². The minimum absolute atomic E-state index is 0.237.